The standard InChI is InChI=1S/C12H15N3OS/c1-7-6-17-11(13-7)10-14-8(12(2,3)4)5-9(16)15-10/h5-6H,1-4H3,(H,14,15,16). The maximum Gasteiger partial charge on any atom is 0.214 e. The van der Waals surface area contributed by atoms with E-state index in [9.17, 15) is 5.11 Å². The first-order valence-electron chi connectivity index (χ1n) is 5.37. The van der Waals surface area contributed by atoms with Crippen LogP contribution in [0.2, 0.25) is 0 Å². The molecule has 2 rings (SSSR count). The first-order valence-corrected chi connectivity index (χ1v) is 6.25. The minimum atomic E-state index is -0.124. The number of nitrogens with zero attached hydrogens (tertiary/aromatic N) is 3. The van der Waals surface area contributed by atoms with Crippen molar-refractivity contribution in [3.05, 3.63) is 22.8 Å². The lowest BCUT2D eigenvalue weighted by molar-refractivity contribution is 0.446. The third kappa shape index (κ3) is 2.61. The van der Waals surface area contributed by atoms with Gasteiger partial charge in [-0.2, -0.15) is 4.98 Å². The molecule has 0 unspecified atom stereocenters. The molecule has 0 amide bonds. The van der Waals surface area contributed by atoms with Crippen molar-refractivity contribution in [2.45, 2.75) is 33.1 Å². The summed E-state index contributed by atoms with van der Waals surface area (Å²) in [4.78, 5) is 12.8. The highest BCUT2D eigenvalue weighted by Gasteiger charge is 2.19. The molecule has 0 aliphatic heterocycles. The fraction of sp³-hybridized carbons (Fsp3) is 0.417. The monoisotopic (exact) mass is 249 g/mol. The van der Waals surface area contributed by atoms with E-state index in [1.54, 1.807) is 6.07 Å². The molecule has 17 heavy (non-hydrogen) atoms. The fourth-order valence-corrected chi connectivity index (χ4v) is 2.10. The van der Waals surface area contributed by atoms with Gasteiger partial charge in [-0.05, 0) is 6.92 Å². The van der Waals surface area contributed by atoms with Crippen molar-refractivity contribution in [1.29, 1.82) is 0 Å². The van der Waals surface area contributed by atoms with Crippen LogP contribution in [0.25, 0.3) is 10.8 Å². The van der Waals surface area contributed by atoms with Gasteiger partial charge in [0, 0.05) is 22.6 Å². The lowest BCUT2D eigenvalue weighted by Crippen LogP contribution is -2.14. The molecule has 5 heteroatoms. The van der Waals surface area contributed by atoms with E-state index in [0.717, 1.165) is 16.4 Å². The molecule has 1 N–H and O–H groups in total. The Hall–Kier alpha value is -1.49. The van der Waals surface area contributed by atoms with Crippen LogP contribution in [-0.4, -0.2) is 20.1 Å². The fourth-order valence-electron chi connectivity index (χ4n) is 1.37. The minimum absolute atomic E-state index is 0.00669. The van der Waals surface area contributed by atoms with Gasteiger partial charge in [0.25, 0.3) is 0 Å². The highest BCUT2D eigenvalue weighted by Crippen LogP contribution is 2.27. The van der Waals surface area contributed by atoms with Gasteiger partial charge < -0.3 is 5.11 Å². The molecule has 2 aromatic rings. The minimum Gasteiger partial charge on any atom is -0.493 e. The van der Waals surface area contributed by atoms with Crippen molar-refractivity contribution in [3.63, 3.8) is 0 Å². The van der Waals surface area contributed by atoms with Crippen molar-refractivity contribution < 1.29 is 5.11 Å². The Morgan fingerprint density at radius 2 is 1.88 bits per heavy atom. The maximum atomic E-state index is 9.65. The number of hydrogen-bond acceptors (Lipinski definition) is 5. The smallest absolute Gasteiger partial charge is 0.214 e. The molecule has 90 valence electrons. The van der Waals surface area contributed by atoms with E-state index in [1.165, 1.54) is 11.3 Å². The zero-order valence-corrected chi connectivity index (χ0v) is 11.2. The number of aryl methyl sites for hydroxylation is 1. The number of rotatable bonds is 1. The van der Waals surface area contributed by atoms with Gasteiger partial charge in [0.1, 0.15) is 0 Å². The summed E-state index contributed by atoms with van der Waals surface area (Å²) in [5.74, 6) is 0.487. The average molecular weight is 249 g/mol. The molecule has 0 aromatic carbocycles. The quantitative estimate of drug-likeness (QED) is 0.844. The molecular weight excluding hydrogens is 234 g/mol. The van der Waals surface area contributed by atoms with Gasteiger partial charge in [0.2, 0.25) is 5.88 Å². The molecule has 4 nitrogen and oxygen atoms in total. The Kier molecular flexibility index (Phi) is 2.87. The summed E-state index contributed by atoms with van der Waals surface area (Å²) in [6, 6.07) is 1.60. The highest BCUT2D eigenvalue weighted by molar-refractivity contribution is 7.13. The van der Waals surface area contributed by atoms with Gasteiger partial charge >= 0.3 is 0 Å². The lowest BCUT2D eigenvalue weighted by atomic mass is 9.92. The van der Waals surface area contributed by atoms with E-state index in [2.05, 4.69) is 15.0 Å². The molecule has 0 saturated carbocycles. The first kappa shape index (κ1) is 12.0. The van der Waals surface area contributed by atoms with Crippen molar-refractivity contribution in [2.24, 2.45) is 0 Å². The van der Waals surface area contributed by atoms with E-state index in [-0.39, 0.29) is 11.3 Å². The molecule has 0 radical (unpaired) electrons. The number of aromatic nitrogens is 3. The molecule has 0 atom stereocenters. The second-order valence-electron chi connectivity index (χ2n) is 4.98. The maximum absolute atomic E-state index is 9.65. The van der Waals surface area contributed by atoms with Crippen LogP contribution in [0.15, 0.2) is 11.4 Å². The molecule has 0 aliphatic carbocycles. The van der Waals surface area contributed by atoms with E-state index >= 15 is 0 Å². The van der Waals surface area contributed by atoms with Gasteiger partial charge in [0.05, 0.1) is 5.69 Å². The zero-order chi connectivity index (χ0) is 12.6. The Bertz CT molecular complexity index is 543. The second kappa shape index (κ2) is 4.07. The van der Waals surface area contributed by atoms with Crippen LogP contribution in [0.3, 0.4) is 0 Å². The van der Waals surface area contributed by atoms with Gasteiger partial charge in [-0.25, -0.2) is 9.97 Å². The predicted molar refractivity (Wildman–Crippen MR) is 68.2 cm³/mol. The second-order valence-corrected chi connectivity index (χ2v) is 5.84. The summed E-state index contributed by atoms with van der Waals surface area (Å²) in [5.41, 5.74) is 1.63. The molecule has 2 aromatic heterocycles. The first-order chi connectivity index (χ1) is 7.86. The summed E-state index contributed by atoms with van der Waals surface area (Å²) in [7, 11) is 0. The van der Waals surface area contributed by atoms with Gasteiger partial charge in [0.15, 0.2) is 10.8 Å². The van der Waals surface area contributed by atoms with Crippen molar-refractivity contribution in [1.82, 2.24) is 15.0 Å². The zero-order valence-electron chi connectivity index (χ0n) is 10.4. The van der Waals surface area contributed by atoms with Crippen LogP contribution in [0, 0.1) is 6.92 Å². The summed E-state index contributed by atoms with van der Waals surface area (Å²) < 4.78 is 0. The molecule has 0 bridgehead atoms. The van der Waals surface area contributed by atoms with Crippen LogP contribution in [-0.2, 0) is 5.41 Å². The van der Waals surface area contributed by atoms with Crippen LogP contribution in [0.4, 0.5) is 0 Å². The van der Waals surface area contributed by atoms with Gasteiger partial charge in [-0.1, -0.05) is 20.8 Å². The van der Waals surface area contributed by atoms with E-state index in [4.69, 9.17) is 0 Å². The summed E-state index contributed by atoms with van der Waals surface area (Å²) in [5, 5.41) is 12.3. The van der Waals surface area contributed by atoms with Crippen molar-refractivity contribution in [3.8, 4) is 16.7 Å². The van der Waals surface area contributed by atoms with E-state index in [0.29, 0.717) is 5.82 Å². The van der Waals surface area contributed by atoms with Crippen molar-refractivity contribution in [2.75, 3.05) is 0 Å². The Morgan fingerprint density at radius 3 is 2.41 bits per heavy atom. The summed E-state index contributed by atoms with van der Waals surface area (Å²) in [6.07, 6.45) is 0. The van der Waals surface area contributed by atoms with Crippen LogP contribution in [0.5, 0.6) is 5.88 Å². The Labute approximate surface area is 104 Å². The van der Waals surface area contributed by atoms with E-state index < -0.39 is 0 Å². The van der Waals surface area contributed by atoms with E-state index in [1.807, 2.05) is 33.1 Å². The number of thiazole rings is 1. The third-order valence-electron chi connectivity index (χ3n) is 2.29. The van der Waals surface area contributed by atoms with Crippen molar-refractivity contribution >= 4 is 11.3 Å². The summed E-state index contributed by atoms with van der Waals surface area (Å²) in [6.45, 7) is 8.07. The SMILES string of the molecule is Cc1csc(-c2nc(O)cc(C(C)(C)C)n2)n1. The number of aromatic hydroxyl groups is 1. The number of hydrogen-bond donors (Lipinski definition) is 1. The van der Waals surface area contributed by atoms with Gasteiger partial charge in [-0.15, -0.1) is 11.3 Å². The molecule has 0 aliphatic rings. The lowest BCUT2D eigenvalue weighted by Gasteiger charge is -2.17. The normalized spacial score (nSPS) is 11.8. The highest BCUT2D eigenvalue weighted by atomic mass is 32.1. The van der Waals surface area contributed by atoms with Crippen LogP contribution >= 0.6 is 11.3 Å². The summed E-state index contributed by atoms with van der Waals surface area (Å²) >= 11 is 1.48. The van der Waals surface area contributed by atoms with Gasteiger partial charge in [-0.3, -0.25) is 0 Å². The third-order valence-corrected chi connectivity index (χ3v) is 3.25. The molecular formula is C12H15N3OS. The largest absolute Gasteiger partial charge is 0.493 e. The molecule has 0 saturated heterocycles. The molecule has 2 heterocycles. The Balaban J connectivity index is 2.52. The molecule has 0 spiro atoms. The van der Waals surface area contributed by atoms with Crippen LogP contribution < -0.4 is 0 Å². The van der Waals surface area contributed by atoms with Crippen LogP contribution in [0.1, 0.15) is 32.2 Å². The average Bonchev–Trinajstić information content (AvgIpc) is 2.62. The topological polar surface area (TPSA) is 58.9 Å². The Morgan fingerprint density at radius 1 is 1.18 bits per heavy atom. The predicted octanol–water partition coefficient (Wildman–Crippen LogP) is 2.91. The molecule has 0 fully saturated rings.